The van der Waals surface area contributed by atoms with Gasteiger partial charge in [-0.1, -0.05) is 0 Å². The molecule has 0 saturated carbocycles. The summed E-state index contributed by atoms with van der Waals surface area (Å²) in [5, 5.41) is 39.3. The fourth-order valence-corrected chi connectivity index (χ4v) is 2.58. The van der Waals surface area contributed by atoms with E-state index in [-0.39, 0.29) is 39.1 Å². The van der Waals surface area contributed by atoms with Gasteiger partial charge in [0, 0.05) is 25.2 Å². The average molecular weight is 301 g/mol. The molecule has 3 aromatic rings. The van der Waals surface area contributed by atoms with Gasteiger partial charge >= 0.3 is 0 Å². The molecule has 2 heterocycles. The van der Waals surface area contributed by atoms with Gasteiger partial charge in [0.15, 0.2) is 17.2 Å². The maximum Gasteiger partial charge on any atom is 0.204 e. The molecule has 0 radical (unpaired) electrons. The van der Waals surface area contributed by atoms with Crippen molar-refractivity contribution in [3.05, 3.63) is 28.4 Å². The summed E-state index contributed by atoms with van der Waals surface area (Å²) in [6, 6.07) is 3.45. The first-order valence-corrected chi connectivity index (χ1v) is 6.59. The Balaban J connectivity index is 2.19. The van der Waals surface area contributed by atoms with Crippen LogP contribution in [0, 0.1) is 0 Å². The Bertz CT molecular complexity index is 1000. The molecule has 0 aliphatic carbocycles. The van der Waals surface area contributed by atoms with Crippen molar-refractivity contribution >= 4 is 27.6 Å². The number of nitrogens with zero attached hydrogens (tertiary/aromatic N) is 1. The van der Waals surface area contributed by atoms with E-state index in [0.717, 1.165) is 12.1 Å². The number of aromatic hydroxyl groups is 4. The molecule has 112 valence electrons. The second-order valence-corrected chi connectivity index (χ2v) is 5.22. The standard InChI is InChI=1S/C15H11NO6/c17-7-3-6-10(4-8(7)18)22-11-5-9(19)13(16-1-2-16)15(21)12(11)14(6)20/h3-5,17-19,21H,1-2H2. The highest BCUT2D eigenvalue weighted by atomic mass is 16.3. The van der Waals surface area contributed by atoms with Crippen molar-refractivity contribution in [2.45, 2.75) is 0 Å². The molecule has 0 bridgehead atoms. The predicted octanol–water partition coefficient (Wildman–Crippen LogP) is 1.59. The number of hydrogen-bond acceptors (Lipinski definition) is 7. The molecule has 0 unspecified atom stereocenters. The Kier molecular flexibility index (Phi) is 2.28. The Morgan fingerprint density at radius 3 is 2.23 bits per heavy atom. The first-order chi connectivity index (χ1) is 10.5. The zero-order chi connectivity index (χ0) is 15.6. The van der Waals surface area contributed by atoms with Crippen LogP contribution in [0.5, 0.6) is 23.0 Å². The van der Waals surface area contributed by atoms with E-state index in [1.807, 2.05) is 0 Å². The molecule has 1 fully saturated rings. The number of anilines is 1. The molecule has 22 heavy (non-hydrogen) atoms. The lowest BCUT2D eigenvalue weighted by Crippen LogP contribution is -2.04. The highest BCUT2D eigenvalue weighted by molar-refractivity contribution is 5.99. The number of phenolic OH excluding ortho intramolecular Hbond substituents is 4. The van der Waals surface area contributed by atoms with E-state index in [2.05, 4.69) is 0 Å². The van der Waals surface area contributed by atoms with E-state index < -0.39 is 16.9 Å². The van der Waals surface area contributed by atoms with Crippen LogP contribution in [-0.4, -0.2) is 33.5 Å². The van der Waals surface area contributed by atoms with Crippen molar-refractivity contribution in [1.29, 1.82) is 0 Å². The topological polar surface area (TPSA) is 114 Å². The average Bonchev–Trinajstić information content (AvgIpc) is 3.25. The maximum atomic E-state index is 12.6. The van der Waals surface area contributed by atoms with E-state index in [1.165, 1.54) is 6.07 Å². The minimum absolute atomic E-state index is 0.00295. The molecule has 4 N–H and O–H groups in total. The number of fused-ring (bicyclic) bond motifs is 2. The van der Waals surface area contributed by atoms with Crippen molar-refractivity contribution in [3.8, 4) is 23.0 Å². The van der Waals surface area contributed by atoms with Crippen LogP contribution < -0.4 is 10.3 Å². The van der Waals surface area contributed by atoms with E-state index in [1.54, 1.807) is 4.90 Å². The molecule has 2 aromatic carbocycles. The molecule has 7 heteroatoms. The third kappa shape index (κ3) is 1.59. The Labute approximate surface area is 122 Å². The van der Waals surface area contributed by atoms with Gasteiger partial charge in [-0.2, -0.15) is 0 Å². The number of rotatable bonds is 1. The van der Waals surface area contributed by atoms with E-state index in [4.69, 9.17) is 4.42 Å². The summed E-state index contributed by atoms with van der Waals surface area (Å²) in [6.45, 7) is 1.36. The Morgan fingerprint density at radius 1 is 0.909 bits per heavy atom. The van der Waals surface area contributed by atoms with Crippen molar-refractivity contribution in [2.75, 3.05) is 18.0 Å². The van der Waals surface area contributed by atoms with E-state index >= 15 is 0 Å². The third-order valence-electron chi connectivity index (χ3n) is 3.75. The molecule has 7 nitrogen and oxygen atoms in total. The van der Waals surface area contributed by atoms with E-state index in [9.17, 15) is 25.2 Å². The molecule has 0 atom stereocenters. The summed E-state index contributed by atoms with van der Waals surface area (Å²) in [6.07, 6.45) is 0. The van der Waals surface area contributed by atoms with Gasteiger partial charge in [-0.15, -0.1) is 0 Å². The van der Waals surface area contributed by atoms with Crippen LogP contribution in [0.3, 0.4) is 0 Å². The highest BCUT2D eigenvalue weighted by Crippen LogP contribution is 2.44. The molecule has 1 aromatic heterocycles. The normalized spacial score (nSPS) is 13.9. The van der Waals surface area contributed by atoms with Crippen molar-refractivity contribution in [3.63, 3.8) is 0 Å². The van der Waals surface area contributed by atoms with E-state index in [0.29, 0.717) is 13.1 Å². The van der Waals surface area contributed by atoms with Gasteiger partial charge in [0.05, 0.1) is 5.39 Å². The van der Waals surface area contributed by atoms with Gasteiger partial charge in [0.1, 0.15) is 28.0 Å². The summed E-state index contributed by atoms with van der Waals surface area (Å²) in [4.78, 5) is 14.3. The van der Waals surface area contributed by atoms with Crippen LogP contribution in [0.25, 0.3) is 21.9 Å². The van der Waals surface area contributed by atoms with Gasteiger partial charge in [-0.25, -0.2) is 0 Å². The zero-order valence-corrected chi connectivity index (χ0v) is 11.2. The molecular formula is C15H11NO6. The largest absolute Gasteiger partial charge is 0.505 e. The monoisotopic (exact) mass is 301 g/mol. The Morgan fingerprint density at radius 2 is 1.55 bits per heavy atom. The lowest BCUT2D eigenvalue weighted by atomic mass is 10.1. The predicted molar refractivity (Wildman–Crippen MR) is 78.9 cm³/mol. The van der Waals surface area contributed by atoms with Crippen LogP contribution in [0.15, 0.2) is 27.4 Å². The fourth-order valence-electron chi connectivity index (χ4n) is 2.58. The van der Waals surface area contributed by atoms with Gasteiger partial charge in [0.25, 0.3) is 0 Å². The van der Waals surface area contributed by atoms with Gasteiger partial charge in [-0.05, 0) is 6.07 Å². The van der Waals surface area contributed by atoms with Crippen LogP contribution in [-0.2, 0) is 0 Å². The summed E-state index contributed by atoms with van der Waals surface area (Å²) < 4.78 is 5.47. The van der Waals surface area contributed by atoms with Crippen LogP contribution in [0.2, 0.25) is 0 Å². The molecule has 0 spiro atoms. The summed E-state index contributed by atoms with van der Waals surface area (Å²) >= 11 is 0. The minimum Gasteiger partial charge on any atom is -0.505 e. The summed E-state index contributed by atoms with van der Waals surface area (Å²) in [7, 11) is 0. The summed E-state index contributed by atoms with van der Waals surface area (Å²) in [5.41, 5.74) is -0.302. The lowest BCUT2D eigenvalue weighted by molar-refractivity contribution is 0.404. The minimum atomic E-state index is -0.549. The zero-order valence-electron chi connectivity index (χ0n) is 11.2. The van der Waals surface area contributed by atoms with Crippen LogP contribution >= 0.6 is 0 Å². The second-order valence-electron chi connectivity index (χ2n) is 5.22. The summed E-state index contributed by atoms with van der Waals surface area (Å²) in [5.74, 6) is -1.42. The fraction of sp³-hybridized carbons (Fsp3) is 0.133. The van der Waals surface area contributed by atoms with Crippen LogP contribution in [0.4, 0.5) is 5.69 Å². The molecule has 1 aliphatic rings. The first-order valence-electron chi connectivity index (χ1n) is 6.59. The van der Waals surface area contributed by atoms with Gasteiger partial charge in [0.2, 0.25) is 5.43 Å². The molecule has 0 amide bonds. The second kappa shape index (κ2) is 3.97. The first kappa shape index (κ1) is 12.6. The van der Waals surface area contributed by atoms with Gasteiger partial charge < -0.3 is 29.7 Å². The van der Waals surface area contributed by atoms with Crippen LogP contribution in [0.1, 0.15) is 0 Å². The van der Waals surface area contributed by atoms with Crippen molar-refractivity contribution in [1.82, 2.24) is 0 Å². The smallest absolute Gasteiger partial charge is 0.204 e. The maximum absolute atomic E-state index is 12.6. The molecular weight excluding hydrogens is 290 g/mol. The SMILES string of the molecule is O=c1c2cc(O)c(O)cc2oc2cc(O)c(N3CC3)c(O)c12. The third-order valence-corrected chi connectivity index (χ3v) is 3.75. The number of benzene rings is 2. The van der Waals surface area contributed by atoms with Crippen molar-refractivity contribution in [2.24, 2.45) is 0 Å². The number of phenols is 4. The quantitative estimate of drug-likeness (QED) is 0.306. The van der Waals surface area contributed by atoms with Crippen molar-refractivity contribution < 1.29 is 24.8 Å². The highest BCUT2D eigenvalue weighted by Gasteiger charge is 2.28. The molecule has 4 rings (SSSR count). The number of hydrogen-bond donors (Lipinski definition) is 4. The lowest BCUT2D eigenvalue weighted by Gasteiger charge is -2.11. The van der Waals surface area contributed by atoms with Gasteiger partial charge in [-0.3, -0.25) is 4.79 Å². The Hall–Kier alpha value is -3.09. The molecule has 1 saturated heterocycles. The molecule has 1 aliphatic heterocycles.